The molecule has 0 fully saturated rings. The third kappa shape index (κ3) is 3.23. The summed E-state index contributed by atoms with van der Waals surface area (Å²) in [5.74, 6) is 0.0739. The molecule has 0 heterocycles. The Morgan fingerprint density at radius 1 is 1.00 bits per heavy atom. The Labute approximate surface area is 123 Å². The molecule has 0 aliphatic rings. The second kappa shape index (κ2) is 6.61. The van der Waals surface area contributed by atoms with Crippen molar-refractivity contribution in [3.05, 3.63) is 59.7 Å². The van der Waals surface area contributed by atoms with Gasteiger partial charge in [-0.1, -0.05) is 42.5 Å². The van der Waals surface area contributed by atoms with Crippen molar-refractivity contribution in [3.63, 3.8) is 0 Å². The van der Waals surface area contributed by atoms with Crippen LogP contribution in [0.4, 0.5) is 0 Å². The van der Waals surface area contributed by atoms with E-state index in [9.17, 15) is 9.90 Å². The van der Waals surface area contributed by atoms with Gasteiger partial charge in [-0.05, 0) is 17.7 Å². The molecule has 4 nitrogen and oxygen atoms in total. The van der Waals surface area contributed by atoms with E-state index >= 15 is 0 Å². The number of carboxylic acid groups (broad SMARTS) is 1. The van der Waals surface area contributed by atoms with Crippen molar-refractivity contribution in [2.24, 2.45) is 0 Å². The SMILES string of the molecule is COc1cccc(/C=C(\C(=O)O)c2ccccc2)c1OC. The van der Waals surface area contributed by atoms with E-state index in [1.54, 1.807) is 55.7 Å². The van der Waals surface area contributed by atoms with E-state index in [-0.39, 0.29) is 5.57 Å². The molecule has 2 aromatic rings. The molecule has 108 valence electrons. The summed E-state index contributed by atoms with van der Waals surface area (Å²) < 4.78 is 10.5. The molecule has 0 aliphatic heterocycles. The highest BCUT2D eigenvalue weighted by Crippen LogP contribution is 2.33. The first-order chi connectivity index (χ1) is 10.2. The maximum atomic E-state index is 11.5. The van der Waals surface area contributed by atoms with E-state index in [1.807, 2.05) is 6.07 Å². The van der Waals surface area contributed by atoms with Crippen LogP contribution in [0.1, 0.15) is 11.1 Å². The molecule has 1 N–H and O–H groups in total. The molecule has 0 aliphatic carbocycles. The van der Waals surface area contributed by atoms with Crippen LogP contribution in [0.15, 0.2) is 48.5 Å². The second-order valence-corrected chi connectivity index (χ2v) is 4.31. The van der Waals surface area contributed by atoms with Crippen LogP contribution in [0.25, 0.3) is 11.6 Å². The molecular weight excluding hydrogens is 268 g/mol. The Hall–Kier alpha value is -2.75. The summed E-state index contributed by atoms with van der Waals surface area (Å²) >= 11 is 0. The van der Waals surface area contributed by atoms with Gasteiger partial charge >= 0.3 is 5.97 Å². The zero-order chi connectivity index (χ0) is 15.2. The normalized spacial score (nSPS) is 11.0. The number of para-hydroxylation sites is 1. The minimum atomic E-state index is -0.994. The standard InChI is InChI=1S/C17H16O4/c1-20-15-10-6-9-13(16(15)21-2)11-14(17(18)19)12-7-4-3-5-8-12/h3-11H,1-2H3,(H,18,19)/b14-11-. The summed E-state index contributed by atoms with van der Waals surface area (Å²) in [6.45, 7) is 0. The Balaban J connectivity index is 2.57. The summed E-state index contributed by atoms with van der Waals surface area (Å²) in [5.41, 5.74) is 1.48. The topological polar surface area (TPSA) is 55.8 Å². The van der Waals surface area contributed by atoms with Gasteiger partial charge < -0.3 is 14.6 Å². The first kappa shape index (κ1) is 14.7. The predicted octanol–water partition coefficient (Wildman–Crippen LogP) is 3.33. The molecule has 2 aromatic carbocycles. The highest BCUT2D eigenvalue weighted by molar-refractivity contribution is 6.20. The number of ether oxygens (including phenoxy) is 2. The van der Waals surface area contributed by atoms with Crippen molar-refractivity contribution in [2.75, 3.05) is 14.2 Å². The Morgan fingerprint density at radius 3 is 2.29 bits per heavy atom. The molecule has 0 unspecified atom stereocenters. The lowest BCUT2D eigenvalue weighted by atomic mass is 10.0. The van der Waals surface area contributed by atoms with Gasteiger partial charge in [-0.15, -0.1) is 0 Å². The molecule has 0 amide bonds. The smallest absolute Gasteiger partial charge is 0.336 e. The third-order valence-electron chi connectivity index (χ3n) is 3.05. The zero-order valence-electron chi connectivity index (χ0n) is 11.9. The van der Waals surface area contributed by atoms with Crippen LogP contribution in [-0.2, 0) is 4.79 Å². The van der Waals surface area contributed by atoms with E-state index < -0.39 is 5.97 Å². The number of aliphatic carboxylic acids is 1. The fourth-order valence-electron chi connectivity index (χ4n) is 2.07. The monoisotopic (exact) mass is 284 g/mol. The van der Waals surface area contributed by atoms with E-state index in [1.165, 1.54) is 7.11 Å². The van der Waals surface area contributed by atoms with Gasteiger partial charge in [0, 0.05) is 5.56 Å². The summed E-state index contributed by atoms with van der Waals surface area (Å²) in [6.07, 6.45) is 1.58. The Kier molecular flexibility index (Phi) is 4.61. The molecule has 0 saturated heterocycles. The van der Waals surface area contributed by atoms with Crippen LogP contribution in [0.5, 0.6) is 11.5 Å². The largest absolute Gasteiger partial charge is 0.493 e. The fourth-order valence-corrected chi connectivity index (χ4v) is 2.07. The van der Waals surface area contributed by atoms with E-state index in [4.69, 9.17) is 9.47 Å². The first-order valence-corrected chi connectivity index (χ1v) is 6.38. The molecule has 0 bridgehead atoms. The fraction of sp³-hybridized carbons (Fsp3) is 0.118. The van der Waals surface area contributed by atoms with Gasteiger partial charge in [0.2, 0.25) is 0 Å². The highest BCUT2D eigenvalue weighted by Gasteiger charge is 2.13. The van der Waals surface area contributed by atoms with Crippen LogP contribution in [0.2, 0.25) is 0 Å². The van der Waals surface area contributed by atoms with Crippen molar-refractivity contribution in [3.8, 4) is 11.5 Å². The van der Waals surface area contributed by atoms with Crippen LogP contribution >= 0.6 is 0 Å². The second-order valence-electron chi connectivity index (χ2n) is 4.31. The van der Waals surface area contributed by atoms with Crippen molar-refractivity contribution in [1.82, 2.24) is 0 Å². The number of rotatable bonds is 5. The minimum Gasteiger partial charge on any atom is -0.493 e. The molecule has 0 saturated carbocycles. The Morgan fingerprint density at radius 2 is 1.71 bits per heavy atom. The van der Waals surface area contributed by atoms with Crippen molar-refractivity contribution in [1.29, 1.82) is 0 Å². The van der Waals surface area contributed by atoms with Gasteiger partial charge in [-0.2, -0.15) is 0 Å². The molecular formula is C17H16O4. The molecule has 21 heavy (non-hydrogen) atoms. The van der Waals surface area contributed by atoms with Crippen LogP contribution in [-0.4, -0.2) is 25.3 Å². The average Bonchev–Trinajstić information content (AvgIpc) is 2.52. The molecule has 0 aromatic heterocycles. The van der Waals surface area contributed by atoms with Gasteiger partial charge in [0.05, 0.1) is 19.8 Å². The van der Waals surface area contributed by atoms with Crippen molar-refractivity contribution >= 4 is 17.6 Å². The minimum absolute atomic E-state index is 0.196. The molecule has 0 spiro atoms. The number of hydrogen-bond donors (Lipinski definition) is 1. The number of methoxy groups -OCH3 is 2. The predicted molar refractivity (Wildman–Crippen MR) is 81.5 cm³/mol. The quantitative estimate of drug-likeness (QED) is 0.676. The van der Waals surface area contributed by atoms with Crippen LogP contribution in [0, 0.1) is 0 Å². The molecule has 2 rings (SSSR count). The lowest BCUT2D eigenvalue weighted by Gasteiger charge is -2.11. The molecule has 0 radical (unpaired) electrons. The van der Waals surface area contributed by atoms with Gasteiger partial charge in [0.25, 0.3) is 0 Å². The lowest BCUT2D eigenvalue weighted by Crippen LogP contribution is -2.00. The number of hydrogen-bond acceptors (Lipinski definition) is 3. The average molecular weight is 284 g/mol. The number of carboxylic acids is 1. The van der Waals surface area contributed by atoms with E-state index in [0.717, 1.165) is 0 Å². The highest BCUT2D eigenvalue weighted by atomic mass is 16.5. The zero-order valence-corrected chi connectivity index (χ0v) is 11.9. The van der Waals surface area contributed by atoms with E-state index in [0.29, 0.717) is 22.6 Å². The maximum absolute atomic E-state index is 11.5. The number of carbonyl (C=O) groups is 1. The summed E-state index contributed by atoms with van der Waals surface area (Å²) in [6, 6.07) is 14.3. The van der Waals surface area contributed by atoms with Crippen LogP contribution in [0.3, 0.4) is 0 Å². The van der Waals surface area contributed by atoms with Gasteiger partial charge in [-0.25, -0.2) is 4.79 Å². The van der Waals surface area contributed by atoms with Gasteiger partial charge in [0.15, 0.2) is 11.5 Å². The summed E-state index contributed by atoms with van der Waals surface area (Å²) in [5, 5.41) is 9.44. The molecule has 4 heteroatoms. The van der Waals surface area contributed by atoms with Gasteiger partial charge in [0.1, 0.15) is 0 Å². The number of benzene rings is 2. The van der Waals surface area contributed by atoms with Crippen molar-refractivity contribution < 1.29 is 19.4 Å². The summed E-state index contributed by atoms with van der Waals surface area (Å²) in [7, 11) is 3.07. The van der Waals surface area contributed by atoms with Crippen LogP contribution < -0.4 is 9.47 Å². The van der Waals surface area contributed by atoms with E-state index in [2.05, 4.69) is 0 Å². The maximum Gasteiger partial charge on any atom is 0.336 e. The molecule has 0 atom stereocenters. The van der Waals surface area contributed by atoms with Gasteiger partial charge in [-0.3, -0.25) is 0 Å². The first-order valence-electron chi connectivity index (χ1n) is 6.38. The Bertz CT molecular complexity index is 660. The third-order valence-corrected chi connectivity index (χ3v) is 3.05. The van der Waals surface area contributed by atoms with Crippen molar-refractivity contribution in [2.45, 2.75) is 0 Å². The lowest BCUT2D eigenvalue weighted by molar-refractivity contribution is -0.130. The summed E-state index contributed by atoms with van der Waals surface area (Å²) in [4.78, 5) is 11.5.